The van der Waals surface area contributed by atoms with Crippen LogP contribution in [-0.2, 0) is 4.79 Å². The molecule has 1 saturated heterocycles. The molecule has 0 bridgehead atoms. The van der Waals surface area contributed by atoms with Gasteiger partial charge in [0.2, 0.25) is 5.91 Å². The number of carbonyl (C=O) groups is 3. The number of benzene rings is 1. The fourth-order valence-corrected chi connectivity index (χ4v) is 4.50. The van der Waals surface area contributed by atoms with Crippen LogP contribution in [0.2, 0.25) is 0 Å². The summed E-state index contributed by atoms with van der Waals surface area (Å²) in [5.41, 5.74) is 1.55. The highest BCUT2D eigenvalue weighted by Gasteiger charge is 2.28. The number of pyridine rings is 1. The zero-order chi connectivity index (χ0) is 23.9. The Labute approximate surface area is 202 Å². The second kappa shape index (κ2) is 11.2. The summed E-state index contributed by atoms with van der Waals surface area (Å²) in [6, 6.07) is 12.1. The highest BCUT2D eigenvalue weighted by molar-refractivity contribution is 7.98. The maximum Gasteiger partial charge on any atom is 0.270 e. The molecule has 0 spiro atoms. The molecule has 4 rings (SSSR count). The van der Waals surface area contributed by atoms with E-state index in [9.17, 15) is 14.4 Å². The van der Waals surface area contributed by atoms with Crippen LogP contribution in [0.5, 0.6) is 0 Å². The van der Waals surface area contributed by atoms with Gasteiger partial charge >= 0.3 is 0 Å². The molecule has 1 fully saturated rings. The lowest BCUT2D eigenvalue weighted by Gasteiger charge is -2.33. The molecule has 34 heavy (non-hydrogen) atoms. The van der Waals surface area contributed by atoms with Crippen LogP contribution < -0.4 is 10.6 Å². The molecule has 2 N–H and O–H groups in total. The number of rotatable bonds is 8. The van der Waals surface area contributed by atoms with Crippen LogP contribution in [0.1, 0.15) is 40.1 Å². The van der Waals surface area contributed by atoms with Crippen molar-refractivity contribution < 1.29 is 18.8 Å². The van der Waals surface area contributed by atoms with Gasteiger partial charge in [0.1, 0.15) is 18.0 Å². The van der Waals surface area contributed by atoms with Crippen molar-refractivity contribution in [2.45, 2.75) is 31.3 Å². The molecule has 3 aromatic rings. The number of likely N-dealkylation sites (tertiary alicyclic amines) is 1. The number of hydrogen-bond acceptors (Lipinski definition) is 6. The number of fused-ring (bicyclic) bond motifs is 1. The number of para-hydroxylation sites is 1. The largest absolute Gasteiger partial charge is 0.472 e. The highest BCUT2D eigenvalue weighted by Crippen LogP contribution is 2.16. The standard InChI is InChI=1S/C25H28N4O4S/c1-34-15-11-22(28-24(31)21-7-6-17-4-2-3-5-20(17)27-21)23(30)26-19-8-12-29(13-9-19)25(32)18-10-14-33-16-18/h2-7,10,14,16,19,22H,8-9,11-13,15H2,1H3,(H,26,30)(H,28,31)/t22-/m0/s1. The maximum atomic E-state index is 13.1. The average Bonchev–Trinajstić information content (AvgIpc) is 3.41. The molecule has 8 nitrogen and oxygen atoms in total. The van der Waals surface area contributed by atoms with E-state index < -0.39 is 6.04 Å². The lowest BCUT2D eigenvalue weighted by molar-refractivity contribution is -0.124. The van der Waals surface area contributed by atoms with Crippen LogP contribution in [0, 0.1) is 0 Å². The molecule has 178 valence electrons. The Hall–Kier alpha value is -3.33. The number of amides is 3. The molecule has 0 aliphatic carbocycles. The topological polar surface area (TPSA) is 105 Å². The molecule has 1 aromatic carbocycles. The summed E-state index contributed by atoms with van der Waals surface area (Å²) in [5, 5.41) is 6.89. The number of aromatic nitrogens is 1. The van der Waals surface area contributed by atoms with Gasteiger partial charge in [-0.15, -0.1) is 0 Å². The molecular weight excluding hydrogens is 452 g/mol. The predicted octanol–water partition coefficient (Wildman–Crippen LogP) is 3.10. The summed E-state index contributed by atoms with van der Waals surface area (Å²) >= 11 is 1.62. The zero-order valence-corrected chi connectivity index (χ0v) is 19.8. The van der Waals surface area contributed by atoms with Crippen LogP contribution in [-0.4, -0.2) is 64.8 Å². The lowest BCUT2D eigenvalue weighted by atomic mass is 10.0. The molecule has 9 heteroatoms. The summed E-state index contributed by atoms with van der Waals surface area (Å²) in [7, 11) is 0. The molecule has 1 aliphatic rings. The van der Waals surface area contributed by atoms with E-state index in [1.54, 1.807) is 28.8 Å². The second-order valence-electron chi connectivity index (χ2n) is 8.28. The Bertz CT molecular complexity index is 1140. The Morgan fingerprint density at radius 3 is 2.68 bits per heavy atom. The summed E-state index contributed by atoms with van der Waals surface area (Å²) < 4.78 is 5.00. The molecule has 0 unspecified atom stereocenters. The summed E-state index contributed by atoms with van der Waals surface area (Å²) in [6.45, 7) is 1.11. The van der Waals surface area contributed by atoms with Crippen molar-refractivity contribution >= 4 is 40.4 Å². The van der Waals surface area contributed by atoms with Gasteiger partial charge in [-0.1, -0.05) is 24.3 Å². The van der Waals surface area contributed by atoms with Crippen molar-refractivity contribution in [3.05, 3.63) is 66.2 Å². The van der Waals surface area contributed by atoms with E-state index in [0.717, 1.165) is 16.7 Å². The van der Waals surface area contributed by atoms with Crippen LogP contribution in [0.4, 0.5) is 0 Å². The Kier molecular flexibility index (Phi) is 7.84. The zero-order valence-electron chi connectivity index (χ0n) is 19.0. The molecule has 3 amide bonds. The third kappa shape index (κ3) is 5.77. The molecule has 1 aliphatic heterocycles. The van der Waals surface area contributed by atoms with E-state index >= 15 is 0 Å². The number of carbonyl (C=O) groups excluding carboxylic acids is 3. The van der Waals surface area contributed by atoms with E-state index in [-0.39, 0.29) is 29.5 Å². The molecule has 3 heterocycles. The normalized spacial score (nSPS) is 15.1. The van der Waals surface area contributed by atoms with Gasteiger partial charge < -0.3 is 20.0 Å². The number of furan rings is 1. The van der Waals surface area contributed by atoms with Gasteiger partial charge in [-0.25, -0.2) is 4.98 Å². The minimum Gasteiger partial charge on any atom is -0.472 e. The van der Waals surface area contributed by atoms with E-state index in [2.05, 4.69) is 15.6 Å². The van der Waals surface area contributed by atoms with Gasteiger partial charge in [0, 0.05) is 24.5 Å². The van der Waals surface area contributed by atoms with Crippen molar-refractivity contribution in [3.8, 4) is 0 Å². The van der Waals surface area contributed by atoms with Crippen molar-refractivity contribution in [1.29, 1.82) is 0 Å². The number of nitrogens with one attached hydrogen (secondary N) is 2. The predicted molar refractivity (Wildman–Crippen MR) is 132 cm³/mol. The minimum absolute atomic E-state index is 0.0478. The molecule has 0 radical (unpaired) electrons. The monoisotopic (exact) mass is 480 g/mol. The number of piperidine rings is 1. The number of thioether (sulfide) groups is 1. The van der Waals surface area contributed by atoms with Gasteiger partial charge in [-0.2, -0.15) is 11.8 Å². The number of hydrogen-bond donors (Lipinski definition) is 2. The van der Waals surface area contributed by atoms with E-state index in [4.69, 9.17) is 4.42 Å². The van der Waals surface area contributed by atoms with Crippen LogP contribution in [0.15, 0.2) is 59.4 Å². The number of nitrogens with zero attached hydrogens (tertiary/aromatic N) is 2. The second-order valence-corrected chi connectivity index (χ2v) is 9.27. The lowest BCUT2D eigenvalue weighted by Crippen LogP contribution is -2.53. The molecule has 1 atom stereocenters. The first-order chi connectivity index (χ1) is 16.5. The first-order valence-corrected chi connectivity index (χ1v) is 12.7. The third-order valence-electron chi connectivity index (χ3n) is 5.96. The Balaban J connectivity index is 1.34. The van der Waals surface area contributed by atoms with Gasteiger partial charge in [0.15, 0.2) is 0 Å². The van der Waals surface area contributed by atoms with Crippen molar-refractivity contribution in [1.82, 2.24) is 20.5 Å². The SMILES string of the molecule is CSCC[C@H](NC(=O)c1ccc2ccccc2n1)C(=O)NC1CCN(C(=O)c2ccoc2)CC1. The van der Waals surface area contributed by atoms with Crippen LogP contribution in [0.3, 0.4) is 0 Å². The van der Waals surface area contributed by atoms with E-state index in [1.807, 2.05) is 36.6 Å². The van der Waals surface area contributed by atoms with Crippen molar-refractivity contribution in [2.75, 3.05) is 25.1 Å². The summed E-state index contributed by atoms with van der Waals surface area (Å²) in [4.78, 5) is 44.6. The first-order valence-electron chi connectivity index (χ1n) is 11.3. The molecular formula is C25H28N4O4S. The smallest absolute Gasteiger partial charge is 0.270 e. The first kappa shape index (κ1) is 23.8. The fourth-order valence-electron chi connectivity index (χ4n) is 4.03. The van der Waals surface area contributed by atoms with E-state index in [1.165, 1.54) is 12.5 Å². The van der Waals surface area contributed by atoms with Crippen molar-refractivity contribution in [3.63, 3.8) is 0 Å². The summed E-state index contributed by atoms with van der Waals surface area (Å²) in [5.74, 6) is 0.100. The quantitative estimate of drug-likeness (QED) is 0.513. The maximum absolute atomic E-state index is 13.1. The Morgan fingerprint density at radius 2 is 1.94 bits per heavy atom. The highest BCUT2D eigenvalue weighted by atomic mass is 32.2. The van der Waals surface area contributed by atoms with Crippen molar-refractivity contribution in [2.24, 2.45) is 0 Å². The Morgan fingerprint density at radius 1 is 1.15 bits per heavy atom. The summed E-state index contributed by atoms with van der Waals surface area (Å²) in [6.07, 6.45) is 6.73. The van der Waals surface area contributed by atoms with Gasteiger partial charge in [0.25, 0.3) is 11.8 Å². The minimum atomic E-state index is -0.654. The third-order valence-corrected chi connectivity index (χ3v) is 6.60. The van der Waals surface area contributed by atoms with Crippen LogP contribution in [0.25, 0.3) is 10.9 Å². The van der Waals surface area contributed by atoms with Gasteiger partial charge in [0.05, 0.1) is 17.3 Å². The van der Waals surface area contributed by atoms with Gasteiger partial charge in [-0.05, 0) is 49.5 Å². The molecule has 2 aromatic heterocycles. The van der Waals surface area contributed by atoms with E-state index in [0.29, 0.717) is 37.9 Å². The van der Waals surface area contributed by atoms with Crippen LogP contribution >= 0.6 is 11.8 Å². The average molecular weight is 481 g/mol. The fraction of sp³-hybridized carbons (Fsp3) is 0.360. The molecule has 0 saturated carbocycles. The van der Waals surface area contributed by atoms with Gasteiger partial charge in [-0.3, -0.25) is 14.4 Å².